The first kappa shape index (κ1) is 29.6. The highest BCUT2D eigenvalue weighted by Crippen LogP contribution is 2.42. The van der Waals surface area contributed by atoms with Crippen molar-refractivity contribution in [2.24, 2.45) is 0 Å². The molecule has 224 valence electrons. The molecule has 0 radical (unpaired) electrons. The van der Waals surface area contributed by atoms with Gasteiger partial charge < -0.3 is 10.5 Å². The summed E-state index contributed by atoms with van der Waals surface area (Å²) in [5.74, 6) is 4.10. The van der Waals surface area contributed by atoms with Crippen LogP contribution in [0, 0.1) is 11.5 Å². The summed E-state index contributed by atoms with van der Waals surface area (Å²) in [6.07, 6.45) is 6.61. The van der Waals surface area contributed by atoms with Gasteiger partial charge in [0.05, 0.1) is 22.1 Å². The Bertz CT molecular complexity index is 1690. The standard InChI is InChI=1S/C36H45N5OSi/c1-24(2)43(25(3)4,26(5)6)22-16-28-14-13-27-11-7-8-12-29(27)31(28)33-32-30(15-19-38-33)39-35(40-34(32)37)42-23-36-17-9-20-41(36)21-10-18-36/h7-8,11-15,19,24-26H,9-10,17-18,20-21,23H2,1-6H3,(H2,37,39,40). The lowest BCUT2D eigenvalue weighted by atomic mass is 9.94. The molecule has 0 bridgehead atoms. The van der Waals surface area contributed by atoms with Gasteiger partial charge in [-0.25, -0.2) is 0 Å². The summed E-state index contributed by atoms with van der Waals surface area (Å²) in [6, 6.07) is 15.0. The van der Waals surface area contributed by atoms with Gasteiger partial charge in [-0.15, -0.1) is 5.54 Å². The van der Waals surface area contributed by atoms with E-state index in [1.54, 1.807) is 0 Å². The fourth-order valence-electron chi connectivity index (χ4n) is 8.24. The Morgan fingerprint density at radius 1 is 0.930 bits per heavy atom. The Balaban J connectivity index is 1.47. The normalized spacial score (nSPS) is 16.8. The van der Waals surface area contributed by atoms with Gasteiger partial charge in [-0.05, 0) is 78.3 Å². The van der Waals surface area contributed by atoms with Gasteiger partial charge in [0.25, 0.3) is 0 Å². The minimum Gasteiger partial charge on any atom is -0.461 e. The molecule has 43 heavy (non-hydrogen) atoms. The number of fused-ring (bicyclic) bond motifs is 3. The van der Waals surface area contributed by atoms with Gasteiger partial charge in [-0.3, -0.25) is 9.88 Å². The number of rotatable bonds is 7. The van der Waals surface area contributed by atoms with Crippen molar-refractivity contribution < 1.29 is 4.74 Å². The number of nitrogens with two attached hydrogens (primary N) is 1. The Kier molecular flexibility index (Phi) is 7.95. The van der Waals surface area contributed by atoms with Crippen LogP contribution in [0.5, 0.6) is 6.01 Å². The number of pyridine rings is 1. The second-order valence-electron chi connectivity index (χ2n) is 13.5. The van der Waals surface area contributed by atoms with Crippen molar-refractivity contribution in [3.05, 3.63) is 54.2 Å². The van der Waals surface area contributed by atoms with Crippen LogP contribution in [0.25, 0.3) is 32.9 Å². The first-order chi connectivity index (χ1) is 20.7. The van der Waals surface area contributed by atoms with Crippen LogP contribution in [0.1, 0.15) is 72.8 Å². The van der Waals surface area contributed by atoms with Gasteiger partial charge in [-0.2, -0.15) is 9.97 Å². The second-order valence-corrected chi connectivity index (χ2v) is 19.1. The molecule has 4 aromatic rings. The average molecular weight is 592 g/mol. The minimum absolute atomic E-state index is 0.119. The van der Waals surface area contributed by atoms with E-state index in [0.29, 0.717) is 35.1 Å². The van der Waals surface area contributed by atoms with E-state index in [9.17, 15) is 0 Å². The summed E-state index contributed by atoms with van der Waals surface area (Å²) in [5.41, 5.74) is 15.9. The zero-order valence-electron chi connectivity index (χ0n) is 26.6. The van der Waals surface area contributed by atoms with Crippen LogP contribution in [-0.2, 0) is 0 Å². The fraction of sp³-hybridized carbons (Fsp3) is 0.472. The van der Waals surface area contributed by atoms with E-state index in [2.05, 4.69) is 99.3 Å². The van der Waals surface area contributed by atoms with Gasteiger partial charge in [0.2, 0.25) is 0 Å². The van der Waals surface area contributed by atoms with E-state index in [4.69, 9.17) is 20.4 Å². The van der Waals surface area contributed by atoms with Crippen molar-refractivity contribution in [3.8, 4) is 28.7 Å². The molecule has 7 heteroatoms. The molecule has 0 aliphatic carbocycles. The second kappa shape index (κ2) is 11.6. The number of benzene rings is 2. The third-order valence-corrected chi connectivity index (χ3v) is 16.6. The van der Waals surface area contributed by atoms with Gasteiger partial charge in [0, 0.05) is 17.3 Å². The van der Waals surface area contributed by atoms with E-state index in [0.717, 1.165) is 51.6 Å². The molecular weight excluding hydrogens is 547 g/mol. The summed E-state index contributed by atoms with van der Waals surface area (Å²) in [6.45, 7) is 17.0. The number of ether oxygens (including phenoxy) is 1. The van der Waals surface area contributed by atoms with Crippen LogP contribution in [0.4, 0.5) is 5.82 Å². The number of anilines is 1. The van der Waals surface area contributed by atoms with Crippen molar-refractivity contribution in [3.63, 3.8) is 0 Å². The van der Waals surface area contributed by atoms with E-state index in [-0.39, 0.29) is 5.54 Å². The van der Waals surface area contributed by atoms with Crippen molar-refractivity contribution >= 4 is 35.6 Å². The molecular formula is C36H45N5OSi. The predicted octanol–water partition coefficient (Wildman–Crippen LogP) is 8.00. The van der Waals surface area contributed by atoms with Crippen LogP contribution in [-0.4, -0.2) is 53.2 Å². The molecule has 0 spiro atoms. The smallest absolute Gasteiger partial charge is 0.319 e. The molecule has 0 amide bonds. The first-order valence-corrected chi connectivity index (χ1v) is 18.2. The Hall–Kier alpha value is -3.47. The summed E-state index contributed by atoms with van der Waals surface area (Å²) in [7, 11) is -1.96. The van der Waals surface area contributed by atoms with Crippen LogP contribution in [0.2, 0.25) is 16.6 Å². The number of hydrogen-bond acceptors (Lipinski definition) is 6. The van der Waals surface area contributed by atoms with Crippen molar-refractivity contribution in [1.29, 1.82) is 0 Å². The Morgan fingerprint density at radius 3 is 2.33 bits per heavy atom. The molecule has 2 aliphatic heterocycles. The van der Waals surface area contributed by atoms with E-state index < -0.39 is 8.07 Å². The summed E-state index contributed by atoms with van der Waals surface area (Å²) in [5, 5.41) is 2.98. The van der Waals surface area contributed by atoms with E-state index in [1.807, 2.05) is 12.3 Å². The summed E-state index contributed by atoms with van der Waals surface area (Å²) >= 11 is 0. The van der Waals surface area contributed by atoms with E-state index >= 15 is 0 Å². The van der Waals surface area contributed by atoms with Crippen molar-refractivity contribution in [1.82, 2.24) is 19.9 Å². The lowest BCUT2D eigenvalue weighted by Crippen LogP contribution is -2.43. The SMILES string of the molecule is CC(C)[Si](C#Cc1ccc2ccccc2c1-c1nccc2nc(OCC34CCCN3CCC4)nc(N)c12)(C(C)C)C(C)C. The third-order valence-electron chi connectivity index (χ3n) is 10.3. The van der Waals surface area contributed by atoms with Crippen molar-refractivity contribution in [2.75, 3.05) is 25.4 Å². The van der Waals surface area contributed by atoms with Crippen LogP contribution >= 0.6 is 0 Å². The highest BCUT2D eigenvalue weighted by atomic mass is 28.3. The fourth-order valence-corrected chi connectivity index (χ4v) is 13.5. The highest BCUT2D eigenvalue weighted by molar-refractivity contribution is 6.90. The molecule has 0 atom stereocenters. The van der Waals surface area contributed by atoms with E-state index in [1.165, 1.54) is 25.7 Å². The number of nitrogen functional groups attached to an aromatic ring is 1. The zero-order chi connectivity index (χ0) is 30.4. The molecule has 6 rings (SSSR count). The summed E-state index contributed by atoms with van der Waals surface area (Å²) in [4.78, 5) is 17.0. The van der Waals surface area contributed by atoms with Gasteiger partial charge in [0.1, 0.15) is 20.5 Å². The maximum absolute atomic E-state index is 6.73. The molecule has 0 saturated carbocycles. The number of nitrogens with zero attached hydrogens (tertiary/aromatic N) is 4. The van der Waals surface area contributed by atoms with Crippen LogP contribution in [0.15, 0.2) is 48.7 Å². The summed E-state index contributed by atoms with van der Waals surface area (Å²) < 4.78 is 6.28. The average Bonchev–Trinajstić information content (AvgIpc) is 3.56. The largest absolute Gasteiger partial charge is 0.461 e. The third kappa shape index (κ3) is 5.09. The monoisotopic (exact) mass is 591 g/mol. The predicted molar refractivity (Wildman–Crippen MR) is 181 cm³/mol. The number of hydrogen-bond donors (Lipinski definition) is 1. The number of aromatic nitrogens is 3. The van der Waals surface area contributed by atoms with Crippen molar-refractivity contribution in [2.45, 2.75) is 89.4 Å². The maximum Gasteiger partial charge on any atom is 0.319 e. The Morgan fingerprint density at radius 2 is 1.63 bits per heavy atom. The van der Waals surface area contributed by atoms with Crippen LogP contribution < -0.4 is 10.5 Å². The minimum atomic E-state index is -1.96. The lowest BCUT2D eigenvalue weighted by Gasteiger charge is -2.38. The first-order valence-electron chi connectivity index (χ1n) is 16.0. The molecule has 2 aromatic carbocycles. The molecule has 6 nitrogen and oxygen atoms in total. The molecule has 2 aromatic heterocycles. The maximum atomic E-state index is 6.73. The molecule has 0 unspecified atom stereocenters. The van der Waals surface area contributed by atoms with Gasteiger partial charge in [-0.1, -0.05) is 77.8 Å². The molecule has 2 fully saturated rings. The quantitative estimate of drug-likeness (QED) is 0.173. The zero-order valence-corrected chi connectivity index (χ0v) is 27.6. The lowest BCUT2D eigenvalue weighted by molar-refractivity contribution is 0.108. The highest BCUT2D eigenvalue weighted by Gasteiger charge is 2.45. The topological polar surface area (TPSA) is 77.2 Å². The van der Waals surface area contributed by atoms with Gasteiger partial charge in [0.15, 0.2) is 0 Å². The van der Waals surface area contributed by atoms with Gasteiger partial charge >= 0.3 is 6.01 Å². The molecule has 2 N–H and O–H groups in total. The molecule has 2 saturated heterocycles. The molecule has 4 heterocycles. The Labute approximate surface area is 257 Å². The molecule has 2 aliphatic rings. The van der Waals surface area contributed by atoms with Crippen LogP contribution in [0.3, 0.4) is 0 Å².